The summed E-state index contributed by atoms with van der Waals surface area (Å²) in [6.45, 7) is 7.12. The van der Waals surface area contributed by atoms with Crippen molar-refractivity contribution >= 4 is 0 Å². The zero-order chi connectivity index (χ0) is 14.6. The lowest BCUT2D eigenvalue weighted by Gasteiger charge is -2.29. The summed E-state index contributed by atoms with van der Waals surface area (Å²) in [5.74, 6) is -1.07. The molecule has 0 aliphatic heterocycles. The number of halogens is 2. The van der Waals surface area contributed by atoms with Crippen LogP contribution in [0.1, 0.15) is 32.4 Å². The van der Waals surface area contributed by atoms with E-state index in [1.54, 1.807) is 6.07 Å². The molecule has 0 saturated carbocycles. The highest BCUT2D eigenvalue weighted by Crippen LogP contribution is 2.16. The van der Waals surface area contributed by atoms with Gasteiger partial charge in [-0.25, -0.2) is 8.78 Å². The molecule has 1 N–H and O–H groups in total. The van der Waals surface area contributed by atoms with Crippen molar-refractivity contribution in [2.24, 2.45) is 5.92 Å². The predicted octanol–water partition coefficient (Wildman–Crippen LogP) is 3.20. The third-order valence-corrected chi connectivity index (χ3v) is 3.51. The van der Waals surface area contributed by atoms with Crippen LogP contribution in [0.25, 0.3) is 0 Å². The van der Waals surface area contributed by atoms with Gasteiger partial charge in [0.2, 0.25) is 0 Å². The van der Waals surface area contributed by atoms with Gasteiger partial charge >= 0.3 is 0 Å². The molecule has 2 nitrogen and oxygen atoms in total. The highest BCUT2D eigenvalue weighted by Gasteiger charge is 2.17. The standard InChI is InChI=1S/C15H24F2N2/c1-10(2)15(19(4)5)9-18-11(3)12-6-7-13(16)14(17)8-12/h6-8,10-11,15,18H,9H2,1-5H3. The van der Waals surface area contributed by atoms with Crippen LogP contribution in [0.3, 0.4) is 0 Å². The Morgan fingerprint density at radius 1 is 1.11 bits per heavy atom. The second-order valence-corrected chi connectivity index (χ2v) is 5.58. The van der Waals surface area contributed by atoms with Crippen molar-refractivity contribution in [3.63, 3.8) is 0 Å². The third-order valence-electron chi connectivity index (χ3n) is 3.51. The van der Waals surface area contributed by atoms with Crippen molar-refractivity contribution in [3.05, 3.63) is 35.4 Å². The van der Waals surface area contributed by atoms with Crippen LogP contribution in [0.4, 0.5) is 8.78 Å². The molecule has 4 heteroatoms. The Hall–Kier alpha value is -1.00. The molecule has 0 bridgehead atoms. The minimum absolute atomic E-state index is 0.00343. The van der Waals surface area contributed by atoms with Crippen LogP contribution in [-0.2, 0) is 0 Å². The van der Waals surface area contributed by atoms with Crippen LogP contribution in [0.5, 0.6) is 0 Å². The second kappa shape index (κ2) is 6.96. The maximum Gasteiger partial charge on any atom is 0.159 e. The second-order valence-electron chi connectivity index (χ2n) is 5.58. The molecule has 0 saturated heterocycles. The molecule has 0 aliphatic rings. The molecule has 0 heterocycles. The molecule has 19 heavy (non-hydrogen) atoms. The van der Waals surface area contributed by atoms with Gasteiger partial charge in [0, 0.05) is 18.6 Å². The number of nitrogens with one attached hydrogen (secondary N) is 1. The molecule has 1 rings (SSSR count). The van der Waals surface area contributed by atoms with Crippen molar-refractivity contribution in [1.82, 2.24) is 10.2 Å². The Bertz CT molecular complexity index is 397. The van der Waals surface area contributed by atoms with Crippen LogP contribution in [0.15, 0.2) is 18.2 Å². The van der Waals surface area contributed by atoms with Crippen LogP contribution >= 0.6 is 0 Å². The summed E-state index contributed by atoms with van der Waals surface area (Å²) in [7, 11) is 4.10. The smallest absolute Gasteiger partial charge is 0.159 e. The van der Waals surface area contributed by atoms with Gasteiger partial charge in [0.05, 0.1) is 0 Å². The molecule has 0 radical (unpaired) electrons. The molecule has 0 aliphatic carbocycles. The molecule has 0 spiro atoms. The largest absolute Gasteiger partial charge is 0.309 e. The maximum atomic E-state index is 13.2. The minimum atomic E-state index is -0.802. The summed E-state index contributed by atoms with van der Waals surface area (Å²) in [5, 5.41) is 3.38. The fraction of sp³-hybridized carbons (Fsp3) is 0.600. The minimum Gasteiger partial charge on any atom is -0.309 e. The number of likely N-dealkylation sites (N-methyl/N-ethyl adjacent to an activating group) is 1. The molecular weight excluding hydrogens is 246 g/mol. The molecule has 0 aromatic heterocycles. The van der Waals surface area contributed by atoms with Crippen LogP contribution in [0.2, 0.25) is 0 Å². The van der Waals surface area contributed by atoms with Gasteiger partial charge in [-0.1, -0.05) is 19.9 Å². The van der Waals surface area contributed by atoms with E-state index in [-0.39, 0.29) is 6.04 Å². The Morgan fingerprint density at radius 3 is 2.21 bits per heavy atom. The highest BCUT2D eigenvalue weighted by atomic mass is 19.2. The lowest BCUT2D eigenvalue weighted by atomic mass is 10.0. The van der Waals surface area contributed by atoms with Crippen molar-refractivity contribution < 1.29 is 8.78 Å². The first-order valence-electron chi connectivity index (χ1n) is 6.67. The normalized spacial score (nSPS) is 15.0. The van der Waals surface area contributed by atoms with Gasteiger partial charge in [0.1, 0.15) is 0 Å². The van der Waals surface area contributed by atoms with Crippen molar-refractivity contribution in [1.29, 1.82) is 0 Å². The van der Waals surface area contributed by atoms with Gasteiger partial charge in [-0.3, -0.25) is 0 Å². The molecule has 2 unspecified atom stereocenters. The van der Waals surface area contributed by atoms with Crippen LogP contribution in [0, 0.1) is 17.6 Å². The van der Waals surface area contributed by atoms with Gasteiger partial charge in [-0.15, -0.1) is 0 Å². The van der Waals surface area contributed by atoms with Crippen molar-refractivity contribution in [2.45, 2.75) is 32.9 Å². The summed E-state index contributed by atoms with van der Waals surface area (Å²) in [4.78, 5) is 2.18. The topological polar surface area (TPSA) is 15.3 Å². The first-order valence-corrected chi connectivity index (χ1v) is 6.67. The van der Waals surface area contributed by atoms with E-state index in [1.165, 1.54) is 12.1 Å². The Labute approximate surface area is 114 Å². The fourth-order valence-electron chi connectivity index (χ4n) is 2.21. The van der Waals surface area contributed by atoms with E-state index in [2.05, 4.69) is 38.2 Å². The van der Waals surface area contributed by atoms with E-state index in [1.807, 2.05) is 6.92 Å². The first-order chi connectivity index (χ1) is 8.82. The van der Waals surface area contributed by atoms with Crippen molar-refractivity contribution in [2.75, 3.05) is 20.6 Å². The monoisotopic (exact) mass is 270 g/mol. The van der Waals surface area contributed by atoms with E-state index in [0.29, 0.717) is 12.0 Å². The van der Waals surface area contributed by atoms with Gasteiger partial charge < -0.3 is 10.2 Å². The summed E-state index contributed by atoms with van der Waals surface area (Å²) < 4.78 is 26.1. The summed E-state index contributed by atoms with van der Waals surface area (Å²) in [6.07, 6.45) is 0. The van der Waals surface area contributed by atoms with Gasteiger partial charge in [-0.2, -0.15) is 0 Å². The lowest BCUT2D eigenvalue weighted by molar-refractivity contribution is 0.220. The zero-order valence-corrected chi connectivity index (χ0v) is 12.4. The van der Waals surface area contributed by atoms with Crippen molar-refractivity contribution in [3.8, 4) is 0 Å². The Morgan fingerprint density at radius 2 is 1.74 bits per heavy atom. The molecule has 0 amide bonds. The van der Waals surface area contributed by atoms with Gasteiger partial charge in [0.15, 0.2) is 11.6 Å². The van der Waals surface area contributed by atoms with Crippen LogP contribution < -0.4 is 5.32 Å². The SMILES string of the molecule is CC(NCC(C(C)C)N(C)C)c1ccc(F)c(F)c1. The van der Waals surface area contributed by atoms with E-state index in [4.69, 9.17) is 0 Å². The third kappa shape index (κ3) is 4.55. The first kappa shape index (κ1) is 16.1. The van der Waals surface area contributed by atoms with E-state index in [9.17, 15) is 8.78 Å². The maximum absolute atomic E-state index is 13.2. The average molecular weight is 270 g/mol. The quantitative estimate of drug-likeness (QED) is 0.854. The average Bonchev–Trinajstić information content (AvgIpc) is 2.31. The molecular formula is C15H24F2N2. The van der Waals surface area contributed by atoms with E-state index < -0.39 is 11.6 Å². The van der Waals surface area contributed by atoms with Crippen LogP contribution in [-0.4, -0.2) is 31.6 Å². The van der Waals surface area contributed by atoms with E-state index >= 15 is 0 Å². The summed E-state index contributed by atoms with van der Waals surface area (Å²) in [6, 6.07) is 4.46. The lowest BCUT2D eigenvalue weighted by Crippen LogP contribution is -2.42. The Balaban J connectivity index is 2.63. The summed E-state index contributed by atoms with van der Waals surface area (Å²) in [5.41, 5.74) is 0.764. The number of hydrogen-bond donors (Lipinski definition) is 1. The van der Waals surface area contributed by atoms with E-state index in [0.717, 1.165) is 12.1 Å². The highest BCUT2D eigenvalue weighted by molar-refractivity contribution is 5.20. The molecule has 1 aromatic carbocycles. The molecule has 0 fully saturated rings. The zero-order valence-electron chi connectivity index (χ0n) is 12.4. The fourth-order valence-corrected chi connectivity index (χ4v) is 2.21. The van der Waals surface area contributed by atoms with Gasteiger partial charge in [-0.05, 0) is 44.6 Å². The molecule has 108 valence electrons. The number of hydrogen-bond acceptors (Lipinski definition) is 2. The summed E-state index contributed by atoms with van der Waals surface area (Å²) >= 11 is 0. The number of rotatable bonds is 6. The molecule has 2 atom stereocenters. The molecule has 1 aromatic rings. The predicted molar refractivity (Wildman–Crippen MR) is 75.1 cm³/mol. The van der Waals surface area contributed by atoms with Gasteiger partial charge in [0.25, 0.3) is 0 Å². The number of nitrogens with zero attached hydrogens (tertiary/aromatic N) is 1. The number of benzene rings is 1. The Kier molecular flexibility index (Phi) is 5.88.